The van der Waals surface area contributed by atoms with Crippen LogP contribution in [0.1, 0.15) is 38.8 Å². The standard InChI is InChI=1S/C21H27N5O/c1-15-10-16(11-22-15)13-25-8-7-19-20(25)6-5-18(24-19)17-12-23-26(14-17)21-4-2-3-9-27-21/h5-8,12,14-16,21-22H,2-4,9-11,13H2,1H3. The van der Waals surface area contributed by atoms with Gasteiger partial charge >= 0.3 is 0 Å². The third kappa shape index (κ3) is 3.39. The zero-order valence-electron chi connectivity index (χ0n) is 15.8. The summed E-state index contributed by atoms with van der Waals surface area (Å²) in [4.78, 5) is 4.88. The van der Waals surface area contributed by atoms with Crippen molar-refractivity contribution in [2.24, 2.45) is 5.92 Å². The Kier molecular flexibility index (Phi) is 4.45. The van der Waals surface area contributed by atoms with E-state index in [1.165, 1.54) is 18.4 Å². The van der Waals surface area contributed by atoms with Gasteiger partial charge < -0.3 is 14.6 Å². The van der Waals surface area contributed by atoms with Crippen molar-refractivity contribution in [3.8, 4) is 11.3 Å². The van der Waals surface area contributed by atoms with Crippen LogP contribution in [0.3, 0.4) is 0 Å². The number of hydrogen-bond donors (Lipinski definition) is 1. The van der Waals surface area contributed by atoms with Gasteiger partial charge in [0.2, 0.25) is 0 Å². The molecule has 2 aliphatic rings. The second kappa shape index (κ2) is 7.09. The average molecular weight is 365 g/mol. The SMILES string of the molecule is CC1CC(Cn2ccc3nc(-c4cnn(C5CCCCO5)c4)ccc32)CN1. The van der Waals surface area contributed by atoms with Gasteiger partial charge in [0.1, 0.15) is 6.23 Å². The van der Waals surface area contributed by atoms with E-state index in [4.69, 9.17) is 9.72 Å². The molecule has 6 nitrogen and oxygen atoms in total. The lowest BCUT2D eigenvalue weighted by atomic mass is 10.1. The van der Waals surface area contributed by atoms with Crippen LogP contribution < -0.4 is 5.32 Å². The second-order valence-corrected chi connectivity index (χ2v) is 8.01. The van der Waals surface area contributed by atoms with E-state index in [1.54, 1.807) is 0 Å². The maximum atomic E-state index is 5.83. The number of ether oxygens (including phenoxy) is 1. The summed E-state index contributed by atoms with van der Waals surface area (Å²) < 4.78 is 10.1. The van der Waals surface area contributed by atoms with Gasteiger partial charge in [-0.05, 0) is 63.3 Å². The highest BCUT2D eigenvalue weighted by molar-refractivity contribution is 5.79. The van der Waals surface area contributed by atoms with E-state index in [1.807, 2.05) is 10.9 Å². The molecule has 1 N–H and O–H groups in total. The fourth-order valence-electron chi connectivity index (χ4n) is 4.41. The van der Waals surface area contributed by atoms with Crippen molar-refractivity contribution in [2.45, 2.75) is 51.4 Å². The molecule has 5 heterocycles. The summed E-state index contributed by atoms with van der Waals surface area (Å²) in [5, 5.41) is 8.06. The number of nitrogens with one attached hydrogen (secondary N) is 1. The largest absolute Gasteiger partial charge is 0.357 e. The fraction of sp³-hybridized carbons (Fsp3) is 0.524. The van der Waals surface area contributed by atoms with Gasteiger partial charge in [-0.15, -0.1) is 0 Å². The van der Waals surface area contributed by atoms with E-state index in [2.05, 4.69) is 52.5 Å². The normalized spacial score (nSPS) is 26.0. The van der Waals surface area contributed by atoms with Crippen molar-refractivity contribution in [3.05, 3.63) is 36.8 Å². The molecule has 2 fully saturated rings. The lowest BCUT2D eigenvalue weighted by Gasteiger charge is -2.22. The maximum absolute atomic E-state index is 5.83. The minimum absolute atomic E-state index is 0.0692. The molecule has 0 bridgehead atoms. The number of aromatic nitrogens is 4. The summed E-state index contributed by atoms with van der Waals surface area (Å²) in [6.45, 7) is 5.25. The van der Waals surface area contributed by atoms with Crippen molar-refractivity contribution >= 4 is 11.0 Å². The van der Waals surface area contributed by atoms with E-state index in [9.17, 15) is 0 Å². The first-order valence-electron chi connectivity index (χ1n) is 10.1. The first-order valence-corrected chi connectivity index (χ1v) is 10.1. The van der Waals surface area contributed by atoms with Gasteiger partial charge in [0.05, 0.1) is 22.9 Å². The molecule has 0 radical (unpaired) electrons. The third-order valence-electron chi connectivity index (χ3n) is 5.87. The Morgan fingerprint density at radius 2 is 2.22 bits per heavy atom. The van der Waals surface area contributed by atoms with Crippen LogP contribution >= 0.6 is 0 Å². The Morgan fingerprint density at radius 1 is 1.26 bits per heavy atom. The molecule has 0 aromatic carbocycles. The van der Waals surface area contributed by atoms with Gasteiger partial charge in [0.15, 0.2) is 0 Å². The number of nitrogens with zero attached hydrogens (tertiary/aromatic N) is 4. The number of fused-ring (bicyclic) bond motifs is 1. The lowest BCUT2D eigenvalue weighted by molar-refractivity contribution is -0.0394. The molecule has 142 valence electrons. The van der Waals surface area contributed by atoms with Crippen molar-refractivity contribution in [1.29, 1.82) is 0 Å². The topological polar surface area (TPSA) is 56.9 Å². The quantitative estimate of drug-likeness (QED) is 0.768. The van der Waals surface area contributed by atoms with Gasteiger partial charge in [-0.25, -0.2) is 9.67 Å². The lowest BCUT2D eigenvalue weighted by Crippen LogP contribution is -2.18. The molecule has 0 spiro atoms. The number of rotatable bonds is 4. The number of hydrogen-bond acceptors (Lipinski definition) is 4. The van der Waals surface area contributed by atoms with Crippen LogP contribution in [0.2, 0.25) is 0 Å². The summed E-state index contributed by atoms with van der Waals surface area (Å²) in [5.74, 6) is 0.698. The molecule has 6 heteroatoms. The Morgan fingerprint density at radius 3 is 3.04 bits per heavy atom. The second-order valence-electron chi connectivity index (χ2n) is 8.01. The first-order chi connectivity index (χ1) is 13.3. The summed E-state index contributed by atoms with van der Waals surface area (Å²) >= 11 is 0. The summed E-state index contributed by atoms with van der Waals surface area (Å²) in [6, 6.07) is 7.06. The minimum atomic E-state index is 0.0692. The van der Waals surface area contributed by atoms with Crippen molar-refractivity contribution in [3.63, 3.8) is 0 Å². The predicted octanol–water partition coefficient (Wildman–Crippen LogP) is 3.60. The predicted molar refractivity (Wildman–Crippen MR) is 105 cm³/mol. The van der Waals surface area contributed by atoms with E-state index in [-0.39, 0.29) is 6.23 Å². The number of pyridine rings is 1. The molecule has 3 aromatic heterocycles. The molecular formula is C21H27N5O. The minimum Gasteiger partial charge on any atom is -0.357 e. The van der Waals surface area contributed by atoms with Gasteiger partial charge in [0.25, 0.3) is 0 Å². The molecule has 0 saturated carbocycles. The molecule has 27 heavy (non-hydrogen) atoms. The van der Waals surface area contributed by atoms with Crippen LogP contribution in [-0.4, -0.2) is 38.5 Å². The van der Waals surface area contributed by atoms with Crippen LogP contribution in [0.4, 0.5) is 0 Å². The van der Waals surface area contributed by atoms with Crippen molar-refractivity contribution in [2.75, 3.05) is 13.2 Å². The van der Waals surface area contributed by atoms with Crippen LogP contribution in [0, 0.1) is 5.92 Å². The zero-order valence-corrected chi connectivity index (χ0v) is 15.8. The van der Waals surface area contributed by atoms with E-state index >= 15 is 0 Å². The molecule has 2 saturated heterocycles. The monoisotopic (exact) mass is 365 g/mol. The maximum Gasteiger partial charge on any atom is 0.150 e. The highest BCUT2D eigenvalue weighted by Gasteiger charge is 2.21. The molecule has 0 aliphatic carbocycles. The fourth-order valence-corrected chi connectivity index (χ4v) is 4.41. The van der Waals surface area contributed by atoms with Crippen LogP contribution in [-0.2, 0) is 11.3 Å². The smallest absolute Gasteiger partial charge is 0.150 e. The molecule has 2 aliphatic heterocycles. The Labute approximate surface area is 159 Å². The Balaban J connectivity index is 1.36. The molecular weight excluding hydrogens is 338 g/mol. The Bertz CT molecular complexity index is 924. The van der Waals surface area contributed by atoms with Gasteiger partial charge in [0, 0.05) is 37.2 Å². The molecule has 3 atom stereocenters. The summed E-state index contributed by atoms with van der Waals surface area (Å²) in [5.41, 5.74) is 4.28. The van der Waals surface area contributed by atoms with Crippen LogP contribution in [0.5, 0.6) is 0 Å². The van der Waals surface area contributed by atoms with E-state index in [0.29, 0.717) is 12.0 Å². The molecule has 5 rings (SSSR count). The van der Waals surface area contributed by atoms with E-state index in [0.717, 1.165) is 49.3 Å². The Hall–Kier alpha value is -2.18. The highest BCUT2D eigenvalue weighted by atomic mass is 16.5. The van der Waals surface area contributed by atoms with Crippen molar-refractivity contribution in [1.82, 2.24) is 24.6 Å². The van der Waals surface area contributed by atoms with Gasteiger partial charge in [-0.3, -0.25) is 0 Å². The molecule has 0 amide bonds. The van der Waals surface area contributed by atoms with Crippen LogP contribution in [0.25, 0.3) is 22.3 Å². The van der Waals surface area contributed by atoms with Crippen LogP contribution in [0.15, 0.2) is 36.8 Å². The van der Waals surface area contributed by atoms with Gasteiger partial charge in [-0.2, -0.15) is 5.10 Å². The molecule has 3 aromatic rings. The van der Waals surface area contributed by atoms with Crippen molar-refractivity contribution < 1.29 is 4.74 Å². The zero-order chi connectivity index (χ0) is 18.2. The third-order valence-corrected chi connectivity index (χ3v) is 5.87. The first kappa shape index (κ1) is 17.0. The summed E-state index contributed by atoms with van der Waals surface area (Å²) in [7, 11) is 0. The van der Waals surface area contributed by atoms with Gasteiger partial charge in [-0.1, -0.05) is 0 Å². The molecule has 3 unspecified atom stereocenters. The van der Waals surface area contributed by atoms with E-state index < -0.39 is 0 Å². The average Bonchev–Trinajstić information content (AvgIpc) is 3.43. The highest BCUT2D eigenvalue weighted by Crippen LogP contribution is 2.26. The summed E-state index contributed by atoms with van der Waals surface area (Å²) in [6.07, 6.45) is 10.8.